The number of ether oxygens (including phenoxy) is 1. The molecule has 3 nitrogen and oxygen atoms in total. The average molecular weight is 287 g/mol. The monoisotopic (exact) mass is 287 g/mol. The molecule has 2 saturated carbocycles. The molecule has 0 radical (unpaired) electrons. The molecular weight excluding hydrogens is 262 g/mol. The minimum absolute atomic E-state index is 0.0120. The van der Waals surface area contributed by atoms with Crippen molar-refractivity contribution in [1.82, 2.24) is 5.32 Å². The van der Waals surface area contributed by atoms with E-state index in [0.29, 0.717) is 16.7 Å². The zero-order chi connectivity index (χ0) is 15.3. The summed E-state index contributed by atoms with van der Waals surface area (Å²) >= 11 is 0. The van der Waals surface area contributed by atoms with Gasteiger partial charge in [-0.1, -0.05) is 32.9 Å². The van der Waals surface area contributed by atoms with E-state index in [1.807, 2.05) is 24.3 Å². The molecule has 0 heterocycles. The van der Waals surface area contributed by atoms with E-state index in [4.69, 9.17) is 4.74 Å². The lowest BCUT2D eigenvalue weighted by Crippen LogP contribution is -2.46. The van der Waals surface area contributed by atoms with Crippen molar-refractivity contribution >= 4 is 5.91 Å². The summed E-state index contributed by atoms with van der Waals surface area (Å²) in [7, 11) is 1.61. The van der Waals surface area contributed by atoms with Crippen molar-refractivity contribution in [1.29, 1.82) is 0 Å². The summed E-state index contributed by atoms with van der Waals surface area (Å²) in [4.78, 5) is 12.6. The highest BCUT2D eigenvalue weighted by molar-refractivity contribution is 5.97. The number of fused-ring (bicyclic) bond motifs is 2. The Morgan fingerprint density at radius 2 is 2.00 bits per heavy atom. The van der Waals surface area contributed by atoms with E-state index >= 15 is 0 Å². The molecule has 2 bridgehead atoms. The van der Waals surface area contributed by atoms with Crippen molar-refractivity contribution in [3.63, 3.8) is 0 Å². The van der Waals surface area contributed by atoms with Crippen molar-refractivity contribution in [3.05, 3.63) is 29.8 Å². The number of methoxy groups -OCH3 is 1. The number of nitrogens with one attached hydrogen (secondary N) is 1. The van der Waals surface area contributed by atoms with E-state index < -0.39 is 0 Å². The fourth-order valence-corrected chi connectivity index (χ4v) is 4.49. The van der Waals surface area contributed by atoms with Crippen LogP contribution in [0.4, 0.5) is 0 Å². The number of hydrogen-bond donors (Lipinski definition) is 1. The van der Waals surface area contributed by atoms with E-state index in [2.05, 4.69) is 26.1 Å². The first-order valence-electron chi connectivity index (χ1n) is 7.84. The molecule has 2 aliphatic carbocycles. The zero-order valence-electron chi connectivity index (χ0n) is 13.4. The summed E-state index contributed by atoms with van der Waals surface area (Å²) in [5.74, 6) is 1.36. The predicted molar refractivity (Wildman–Crippen MR) is 83.5 cm³/mol. The Labute approximate surface area is 127 Å². The molecule has 0 spiro atoms. The van der Waals surface area contributed by atoms with Gasteiger partial charge in [-0.2, -0.15) is 0 Å². The standard InChI is InChI=1S/C18H25NO2/c1-17(2)12-9-10-18(17,3)15(11-12)19-16(20)13-7-5-6-8-14(13)21-4/h5-8,12,15H,9-11H2,1-4H3,(H,19,20). The Morgan fingerprint density at radius 3 is 2.57 bits per heavy atom. The van der Waals surface area contributed by atoms with Gasteiger partial charge in [0.05, 0.1) is 12.7 Å². The molecule has 3 unspecified atom stereocenters. The van der Waals surface area contributed by atoms with Gasteiger partial charge in [-0.05, 0) is 48.1 Å². The van der Waals surface area contributed by atoms with Crippen LogP contribution < -0.4 is 10.1 Å². The first-order chi connectivity index (χ1) is 9.90. The minimum atomic E-state index is -0.0120. The summed E-state index contributed by atoms with van der Waals surface area (Å²) < 4.78 is 5.30. The Bertz CT molecular complexity index is 566. The Kier molecular flexibility index (Phi) is 3.27. The molecule has 1 amide bonds. The third-order valence-corrected chi connectivity index (χ3v) is 6.45. The molecule has 114 valence electrons. The quantitative estimate of drug-likeness (QED) is 0.921. The van der Waals surface area contributed by atoms with E-state index in [1.165, 1.54) is 12.8 Å². The number of para-hydroxylation sites is 1. The molecular formula is C18H25NO2. The van der Waals surface area contributed by atoms with Crippen LogP contribution in [-0.4, -0.2) is 19.1 Å². The molecule has 3 heteroatoms. The van der Waals surface area contributed by atoms with Crippen LogP contribution >= 0.6 is 0 Å². The van der Waals surface area contributed by atoms with E-state index in [1.54, 1.807) is 7.11 Å². The van der Waals surface area contributed by atoms with Crippen LogP contribution in [0.3, 0.4) is 0 Å². The second-order valence-electron chi connectivity index (χ2n) is 7.34. The van der Waals surface area contributed by atoms with Crippen molar-refractivity contribution in [3.8, 4) is 5.75 Å². The Morgan fingerprint density at radius 1 is 1.29 bits per heavy atom. The zero-order valence-corrected chi connectivity index (χ0v) is 13.4. The lowest BCUT2D eigenvalue weighted by molar-refractivity contribution is 0.0823. The molecule has 0 aromatic heterocycles. The number of rotatable bonds is 3. The number of hydrogen-bond acceptors (Lipinski definition) is 2. The van der Waals surface area contributed by atoms with Crippen LogP contribution in [-0.2, 0) is 0 Å². The fourth-order valence-electron chi connectivity index (χ4n) is 4.49. The van der Waals surface area contributed by atoms with Gasteiger partial charge in [0.15, 0.2) is 0 Å². The van der Waals surface area contributed by atoms with Crippen molar-refractivity contribution in [2.75, 3.05) is 7.11 Å². The second-order valence-corrected chi connectivity index (χ2v) is 7.34. The van der Waals surface area contributed by atoms with Crippen LogP contribution in [0.25, 0.3) is 0 Å². The first kappa shape index (κ1) is 14.4. The van der Waals surface area contributed by atoms with Crippen molar-refractivity contribution in [2.24, 2.45) is 16.7 Å². The number of carbonyl (C=O) groups excluding carboxylic acids is 1. The highest BCUT2D eigenvalue weighted by Gasteiger charge is 2.61. The highest BCUT2D eigenvalue weighted by Crippen LogP contribution is 2.65. The van der Waals surface area contributed by atoms with Gasteiger partial charge in [0.25, 0.3) is 5.91 Å². The van der Waals surface area contributed by atoms with Gasteiger partial charge < -0.3 is 10.1 Å². The molecule has 0 saturated heterocycles. The predicted octanol–water partition coefficient (Wildman–Crippen LogP) is 3.64. The maximum Gasteiger partial charge on any atom is 0.255 e. The third kappa shape index (κ3) is 1.97. The number of carbonyl (C=O) groups is 1. The van der Waals surface area contributed by atoms with Gasteiger partial charge in [-0.3, -0.25) is 4.79 Å². The molecule has 2 fully saturated rings. The van der Waals surface area contributed by atoms with Crippen LogP contribution in [0.1, 0.15) is 50.4 Å². The number of benzene rings is 1. The topological polar surface area (TPSA) is 38.3 Å². The SMILES string of the molecule is COc1ccccc1C(=O)NC1CC2CCC1(C)C2(C)C. The molecule has 2 aliphatic rings. The van der Waals surface area contributed by atoms with E-state index in [9.17, 15) is 4.79 Å². The maximum atomic E-state index is 12.6. The van der Waals surface area contributed by atoms with E-state index in [0.717, 1.165) is 12.3 Å². The van der Waals surface area contributed by atoms with Gasteiger partial charge in [0.1, 0.15) is 5.75 Å². The van der Waals surface area contributed by atoms with E-state index in [-0.39, 0.29) is 17.4 Å². The summed E-state index contributed by atoms with van der Waals surface area (Å²) in [6.07, 6.45) is 3.61. The minimum Gasteiger partial charge on any atom is -0.496 e. The summed E-state index contributed by atoms with van der Waals surface area (Å²) in [5, 5.41) is 3.28. The summed E-state index contributed by atoms with van der Waals surface area (Å²) in [6.45, 7) is 7.06. The largest absolute Gasteiger partial charge is 0.496 e. The number of amides is 1. The fraction of sp³-hybridized carbons (Fsp3) is 0.611. The van der Waals surface area contributed by atoms with Gasteiger partial charge in [0, 0.05) is 6.04 Å². The molecule has 3 atom stereocenters. The maximum absolute atomic E-state index is 12.6. The van der Waals surface area contributed by atoms with Gasteiger partial charge >= 0.3 is 0 Å². The lowest BCUT2D eigenvalue weighted by Gasteiger charge is -2.39. The van der Waals surface area contributed by atoms with Gasteiger partial charge in [-0.25, -0.2) is 0 Å². The Hall–Kier alpha value is -1.51. The van der Waals surface area contributed by atoms with Gasteiger partial charge in [0.2, 0.25) is 0 Å². The highest BCUT2D eigenvalue weighted by atomic mass is 16.5. The van der Waals surface area contributed by atoms with Crippen LogP contribution in [0, 0.1) is 16.7 Å². The Balaban J connectivity index is 1.81. The second kappa shape index (κ2) is 4.75. The smallest absolute Gasteiger partial charge is 0.255 e. The molecule has 1 N–H and O–H groups in total. The molecule has 0 aliphatic heterocycles. The van der Waals surface area contributed by atoms with Gasteiger partial charge in [-0.15, -0.1) is 0 Å². The normalized spacial score (nSPS) is 33.0. The van der Waals surface area contributed by atoms with Crippen molar-refractivity contribution in [2.45, 2.75) is 46.1 Å². The summed E-state index contributed by atoms with van der Waals surface area (Å²) in [6, 6.07) is 7.70. The average Bonchev–Trinajstić information content (AvgIpc) is 2.80. The molecule has 1 aromatic carbocycles. The molecule has 1 aromatic rings. The third-order valence-electron chi connectivity index (χ3n) is 6.45. The van der Waals surface area contributed by atoms with Crippen LogP contribution in [0.15, 0.2) is 24.3 Å². The lowest BCUT2D eigenvalue weighted by atomic mass is 9.69. The van der Waals surface area contributed by atoms with Crippen molar-refractivity contribution < 1.29 is 9.53 Å². The van der Waals surface area contributed by atoms with Crippen LogP contribution in [0.2, 0.25) is 0 Å². The van der Waals surface area contributed by atoms with Crippen LogP contribution in [0.5, 0.6) is 5.75 Å². The molecule has 21 heavy (non-hydrogen) atoms. The molecule has 3 rings (SSSR count). The first-order valence-corrected chi connectivity index (χ1v) is 7.84. The summed E-state index contributed by atoms with van der Waals surface area (Å²) in [5.41, 5.74) is 1.14.